The number of thioether (sulfide) groups is 1. The number of rotatable bonds is 11. The average molecular weight is 382 g/mol. The SMILES string of the molecule is C#CCc1cnc(CCSC[Si](C)(C)O[Si](C)(C)CCCN)nc1. The molecule has 0 spiro atoms. The lowest BCUT2D eigenvalue weighted by molar-refractivity contribution is 0.543. The van der Waals surface area contributed by atoms with Crippen LogP contribution in [-0.2, 0) is 17.0 Å². The van der Waals surface area contributed by atoms with Crippen molar-refractivity contribution in [2.45, 2.75) is 51.5 Å². The van der Waals surface area contributed by atoms with Gasteiger partial charge in [0.25, 0.3) is 0 Å². The lowest BCUT2D eigenvalue weighted by Crippen LogP contribution is -2.46. The first kappa shape index (κ1) is 21.4. The highest BCUT2D eigenvalue weighted by atomic mass is 32.2. The number of terminal acetylenes is 1. The van der Waals surface area contributed by atoms with Crippen LogP contribution in [0.25, 0.3) is 0 Å². The van der Waals surface area contributed by atoms with E-state index in [0.717, 1.165) is 47.9 Å². The Labute approximate surface area is 153 Å². The van der Waals surface area contributed by atoms with Gasteiger partial charge < -0.3 is 9.85 Å². The van der Waals surface area contributed by atoms with E-state index in [1.165, 1.54) is 0 Å². The molecule has 2 N–H and O–H groups in total. The van der Waals surface area contributed by atoms with E-state index in [4.69, 9.17) is 16.3 Å². The van der Waals surface area contributed by atoms with Gasteiger partial charge in [0.2, 0.25) is 0 Å². The molecule has 1 aromatic rings. The first-order valence-electron chi connectivity index (χ1n) is 8.49. The Morgan fingerprint density at radius 1 is 1.21 bits per heavy atom. The van der Waals surface area contributed by atoms with Crippen molar-refractivity contribution in [2.24, 2.45) is 5.73 Å². The van der Waals surface area contributed by atoms with Gasteiger partial charge in [0.15, 0.2) is 16.6 Å². The lowest BCUT2D eigenvalue weighted by atomic mass is 10.2. The summed E-state index contributed by atoms with van der Waals surface area (Å²) in [5, 5.41) is 1.11. The molecule has 0 aliphatic heterocycles. The molecule has 0 aliphatic carbocycles. The van der Waals surface area contributed by atoms with Crippen LogP contribution in [-0.4, -0.2) is 44.3 Å². The fourth-order valence-electron chi connectivity index (χ4n) is 2.56. The van der Waals surface area contributed by atoms with Gasteiger partial charge in [0.1, 0.15) is 5.82 Å². The van der Waals surface area contributed by atoms with Gasteiger partial charge in [-0.15, -0.1) is 12.3 Å². The van der Waals surface area contributed by atoms with Crippen LogP contribution in [0, 0.1) is 12.3 Å². The Morgan fingerprint density at radius 2 is 1.88 bits per heavy atom. The topological polar surface area (TPSA) is 61.0 Å². The second-order valence-electron chi connectivity index (χ2n) is 7.20. The van der Waals surface area contributed by atoms with Crippen molar-refractivity contribution in [1.82, 2.24) is 9.97 Å². The fourth-order valence-corrected chi connectivity index (χ4v) is 13.6. The van der Waals surface area contributed by atoms with Crippen LogP contribution in [0.1, 0.15) is 17.8 Å². The normalized spacial score (nSPS) is 12.2. The maximum absolute atomic E-state index is 6.57. The second kappa shape index (κ2) is 10.4. The molecular formula is C17H31N3OSSi2. The largest absolute Gasteiger partial charge is 0.455 e. The molecule has 0 saturated carbocycles. The Balaban J connectivity index is 2.33. The molecule has 0 atom stereocenters. The summed E-state index contributed by atoms with van der Waals surface area (Å²) in [5.41, 5.74) is 6.63. The molecule has 0 aromatic carbocycles. The van der Waals surface area contributed by atoms with Crippen molar-refractivity contribution >= 4 is 28.4 Å². The van der Waals surface area contributed by atoms with Crippen LogP contribution in [0.15, 0.2) is 12.4 Å². The predicted octanol–water partition coefficient (Wildman–Crippen LogP) is 3.24. The van der Waals surface area contributed by atoms with Crippen LogP contribution in [0.2, 0.25) is 32.2 Å². The Bertz CT molecular complexity index is 530. The van der Waals surface area contributed by atoms with Crippen LogP contribution in [0.5, 0.6) is 0 Å². The minimum absolute atomic E-state index is 0.593. The molecule has 0 radical (unpaired) electrons. The summed E-state index contributed by atoms with van der Waals surface area (Å²) in [5.74, 6) is 4.52. The first-order chi connectivity index (χ1) is 11.3. The van der Waals surface area contributed by atoms with Gasteiger partial charge in [-0.05, 0) is 45.2 Å². The van der Waals surface area contributed by atoms with Crippen molar-refractivity contribution < 1.29 is 4.12 Å². The van der Waals surface area contributed by atoms with Gasteiger partial charge >= 0.3 is 0 Å². The Kier molecular flexibility index (Phi) is 9.23. The zero-order chi connectivity index (χ0) is 18.1. The van der Waals surface area contributed by atoms with E-state index in [-0.39, 0.29) is 0 Å². The third-order valence-electron chi connectivity index (χ3n) is 3.52. The van der Waals surface area contributed by atoms with Crippen LogP contribution < -0.4 is 5.73 Å². The number of hydrogen-bond donors (Lipinski definition) is 1. The molecule has 0 fully saturated rings. The zero-order valence-corrected chi connectivity index (χ0v) is 18.3. The number of aryl methyl sites for hydroxylation is 1. The molecule has 1 rings (SSSR count). The molecule has 0 bridgehead atoms. The summed E-state index contributed by atoms with van der Waals surface area (Å²) >= 11 is 1.96. The summed E-state index contributed by atoms with van der Waals surface area (Å²) in [6.07, 6.45) is 11.5. The lowest BCUT2D eigenvalue weighted by Gasteiger charge is -2.33. The molecule has 0 amide bonds. The second-order valence-corrected chi connectivity index (χ2v) is 17.5. The summed E-state index contributed by atoms with van der Waals surface area (Å²) in [7, 11) is -3.20. The molecule has 24 heavy (non-hydrogen) atoms. The van der Waals surface area contributed by atoms with Gasteiger partial charge in [0, 0.05) is 41.9 Å². The highest BCUT2D eigenvalue weighted by Gasteiger charge is 2.32. The van der Waals surface area contributed by atoms with Gasteiger partial charge in [-0.25, -0.2) is 9.97 Å². The first-order valence-corrected chi connectivity index (χ1v) is 15.9. The standard InChI is InChI=1S/C17H31N3OSSi2/c1-6-8-16-13-19-17(20-14-16)9-11-22-15-24(4,5)21-23(2,3)12-7-10-18/h1,13-14H,7-12,15,18H2,2-5H3. The van der Waals surface area contributed by atoms with Crippen molar-refractivity contribution in [1.29, 1.82) is 0 Å². The predicted molar refractivity (Wildman–Crippen MR) is 110 cm³/mol. The molecular weight excluding hydrogens is 350 g/mol. The molecule has 134 valence electrons. The van der Waals surface area contributed by atoms with E-state index in [1.807, 2.05) is 24.2 Å². The van der Waals surface area contributed by atoms with E-state index in [1.54, 1.807) is 0 Å². The molecule has 1 aromatic heterocycles. The van der Waals surface area contributed by atoms with Crippen molar-refractivity contribution in [3.8, 4) is 12.3 Å². The van der Waals surface area contributed by atoms with Gasteiger partial charge in [0.05, 0.1) is 0 Å². The van der Waals surface area contributed by atoms with Gasteiger partial charge in [-0.3, -0.25) is 0 Å². The highest BCUT2D eigenvalue weighted by molar-refractivity contribution is 8.00. The summed E-state index contributed by atoms with van der Waals surface area (Å²) in [6.45, 7) is 10.0. The number of nitrogens with two attached hydrogens (primary N) is 1. The zero-order valence-electron chi connectivity index (χ0n) is 15.5. The van der Waals surface area contributed by atoms with Gasteiger partial charge in [-0.2, -0.15) is 11.8 Å². The molecule has 0 saturated heterocycles. The Hall–Kier alpha value is -0.656. The van der Waals surface area contributed by atoms with E-state index in [0.29, 0.717) is 6.42 Å². The third-order valence-corrected chi connectivity index (χ3v) is 13.6. The third kappa shape index (κ3) is 8.99. The monoisotopic (exact) mass is 381 g/mol. The highest BCUT2D eigenvalue weighted by Crippen LogP contribution is 2.22. The fraction of sp³-hybridized carbons (Fsp3) is 0.647. The van der Waals surface area contributed by atoms with E-state index < -0.39 is 16.6 Å². The van der Waals surface area contributed by atoms with Crippen molar-refractivity contribution in [3.05, 3.63) is 23.8 Å². The summed E-state index contributed by atoms with van der Waals surface area (Å²) in [4.78, 5) is 8.76. The number of aromatic nitrogens is 2. The van der Waals surface area contributed by atoms with E-state index in [9.17, 15) is 0 Å². The summed E-state index contributed by atoms with van der Waals surface area (Å²) < 4.78 is 6.57. The molecule has 0 unspecified atom stereocenters. The minimum atomic E-state index is -1.63. The van der Waals surface area contributed by atoms with Gasteiger partial charge in [-0.1, -0.05) is 0 Å². The number of hydrogen-bond acceptors (Lipinski definition) is 5. The minimum Gasteiger partial charge on any atom is -0.455 e. The molecule has 7 heteroatoms. The Morgan fingerprint density at radius 3 is 2.46 bits per heavy atom. The average Bonchev–Trinajstić information content (AvgIpc) is 2.50. The van der Waals surface area contributed by atoms with E-state index >= 15 is 0 Å². The number of nitrogens with zero attached hydrogens (tertiary/aromatic N) is 2. The van der Waals surface area contributed by atoms with Crippen LogP contribution in [0.3, 0.4) is 0 Å². The van der Waals surface area contributed by atoms with Crippen LogP contribution in [0.4, 0.5) is 0 Å². The van der Waals surface area contributed by atoms with Crippen molar-refractivity contribution in [3.63, 3.8) is 0 Å². The quantitative estimate of drug-likeness (QED) is 0.362. The van der Waals surface area contributed by atoms with Crippen LogP contribution >= 0.6 is 11.8 Å². The maximum Gasteiger partial charge on any atom is 0.183 e. The molecule has 1 heterocycles. The smallest absolute Gasteiger partial charge is 0.183 e. The van der Waals surface area contributed by atoms with Crippen molar-refractivity contribution in [2.75, 3.05) is 17.7 Å². The van der Waals surface area contributed by atoms with E-state index in [2.05, 4.69) is 42.1 Å². The molecule has 4 nitrogen and oxygen atoms in total. The maximum atomic E-state index is 6.57. The molecule has 0 aliphatic rings. The summed E-state index contributed by atoms with van der Waals surface area (Å²) in [6, 6.07) is 1.16.